The Bertz CT molecular complexity index is 1340. The Labute approximate surface area is 220 Å². The first-order chi connectivity index (χ1) is 17.3. The van der Waals surface area contributed by atoms with Crippen LogP contribution in [0.15, 0.2) is 72.8 Å². The molecule has 3 aromatic carbocycles. The molecule has 2 atom stereocenters. The van der Waals surface area contributed by atoms with Gasteiger partial charge in [-0.05, 0) is 47.9 Å². The van der Waals surface area contributed by atoms with E-state index in [-0.39, 0.29) is 11.8 Å². The lowest BCUT2D eigenvalue weighted by Crippen LogP contribution is -2.53. The van der Waals surface area contributed by atoms with Crippen molar-refractivity contribution in [2.24, 2.45) is 0 Å². The lowest BCUT2D eigenvalue weighted by atomic mass is 9.80. The number of carbonyl (C=O) groups excluding carboxylic acids is 2. The van der Waals surface area contributed by atoms with Gasteiger partial charge in [-0.2, -0.15) is 5.26 Å². The second-order valence-electron chi connectivity index (χ2n) is 9.29. The number of imide groups is 1. The smallest absolute Gasteiger partial charge is 0.310 e. The summed E-state index contributed by atoms with van der Waals surface area (Å²) in [5, 5.41) is 9.95. The maximum absolute atomic E-state index is 14.2. The van der Waals surface area contributed by atoms with Crippen molar-refractivity contribution in [2.45, 2.75) is 17.9 Å². The molecule has 0 saturated carbocycles. The maximum Gasteiger partial charge on any atom is 0.332 e. The van der Waals surface area contributed by atoms with Gasteiger partial charge in [0.15, 0.2) is 0 Å². The lowest BCUT2D eigenvalue weighted by molar-refractivity contribution is -0.124. The summed E-state index contributed by atoms with van der Waals surface area (Å²) >= 11 is 12.4. The number of halogens is 2. The molecule has 36 heavy (non-hydrogen) atoms. The minimum absolute atomic E-state index is 0.276. The highest BCUT2D eigenvalue weighted by Crippen LogP contribution is 2.46. The SMILES string of the molecule is CN1C(=O)N(c2cc(Cl)cc(Cl)c2)C(=O)C12CN(CCc1ccccc1)CC2c1ccc(C#N)cc1. The van der Waals surface area contributed by atoms with E-state index in [1.807, 2.05) is 30.3 Å². The number of hydrogen-bond donors (Lipinski definition) is 0. The summed E-state index contributed by atoms with van der Waals surface area (Å²) in [7, 11) is 1.68. The molecule has 0 radical (unpaired) electrons. The van der Waals surface area contributed by atoms with Gasteiger partial charge >= 0.3 is 6.03 Å². The number of urea groups is 1. The van der Waals surface area contributed by atoms with Crippen molar-refractivity contribution in [3.8, 4) is 6.07 Å². The third-order valence-electron chi connectivity index (χ3n) is 7.24. The number of rotatable bonds is 5. The first kappa shape index (κ1) is 24.3. The molecule has 2 aliphatic rings. The van der Waals surface area contributed by atoms with Crippen LogP contribution in [0.5, 0.6) is 0 Å². The molecule has 6 nitrogen and oxygen atoms in total. The number of carbonyl (C=O) groups is 2. The van der Waals surface area contributed by atoms with Crippen LogP contribution in [0.1, 0.15) is 22.6 Å². The Morgan fingerprint density at radius 3 is 2.31 bits per heavy atom. The quantitative estimate of drug-likeness (QED) is 0.427. The highest BCUT2D eigenvalue weighted by molar-refractivity contribution is 6.35. The Balaban J connectivity index is 1.53. The van der Waals surface area contributed by atoms with Crippen LogP contribution in [-0.2, 0) is 11.2 Å². The number of amides is 3. The first-order valence-corrected chi connectivity index (χ1v) is 12.4. The van der Waals surface area contributed by atoms with Gasteiger partial charge in [0.05, 0.1) is 17.3 Å². The summed E-state index contributed by atoms with van der Waals surface area (Å²) in [4.78, 5) is 32.7. The van der Waals surface area contributed by atoms with Gasteiger partial charge in [0.25, 0.3) is 5.91 Å². The van der Waals surface area contributed by atoms with Crippen LogP contribution in [0.3, 0.4) is 0 Å². The van der Waals surface area contributed by atoms with Crippen molar-refractivity contribution in [3.05, 3.63) is 99.5 Å². The topological polar surface area (TPSA) is 67.7 Å². The molecular weight excluding hydrogens is 495 g/mol. The Kier molecular flexibility index (Phi) is 6.48. The molecule has 8 heteroatoms. The van der Waals surface area contributed by atoms with Gasteiger partial charge < -0.3 is 4.90 Å². The third-order valence-corrected chi connectivity index (χ3v) is 7.68. The van der Waals surface area contributed by atoms with Crippen LogP contribution in [0.25, 0.3) is 0 Å². The van der Waals surface area contributed by atoms with Crippen LogP contribution in [-0.4, -0.2) is 54.0 Å². The number of nitrogens with zero attached hydrogens (tertiary/aromatic N) is 4. The summed E-state index contributed by atoms with van der Waals surface area (Å²) in [6.45, 7) is 1.75. The second-order valence-corrected chi connectivity index (χ2v) is 10.2. The molecule has 0 aromatic heterocycles. The minimum Gasteiger partial charge on any atom is -0.310 e. The second kappa shape index (κ2) is 9.59. The van der Waals surface area contributed by atoms with E-state index in [2.05, 4.69) is 23.1 Å². The molecule has 0 bridgehead atoms. The summed E-state index contributed by atoms with van der Waals surface area (Å²) in [6, 6.07) is 23.9. The lowest BCUT2D eigenvalue weighted by Gasteiger charge is -2.34. The van der Waals surface area contributed by atoms with E-state index in [1.165, 1.54) is 10.5 Å². The van der Waals surface area contributed by atoms with Crippen LogP contribution in [0, 0.1) is 11.3 Å². The number of nitriles is 1. The highest BCUT2D eigenvalue weighted by Gasteiger charge is 2.64. The van der Waals surface area contributed by atoms with Crippen molar-refractivity contribution < 1.29 is 9.59 Å². The van der Waals surface area contributed by atoms with Gasteiger partial charge in [-0.1, -0.05) is 65.7 Å². The predicted molar refractivity (Wildman–Crippen MR) is 140 cm³/mol. The molecule has 2 unspecified atom stereocenters. The van der Waals surface area contributed by atoms with Gasteiger partial charge in [-0.15, -0.1) is 0 Å². The minimum atomic E-state index is -1.10. The molecule has 2 heterocycles. The average molecular weight is 519 g/mol. The molecule has 1 spiro atoms. The summed E-state index contributed by atoms with van der Waals surface area (Å²) < 4.78 is 0. The Morgan fingerprint density at radius 1 is 1.00 bits per heavy atom. The first-order valence-electron chi connectivity index (χ1n) is 11.7. The number of benzene rings is 3. The van der Waals surface area contributed by atoms with Gasteiger partial charge in [0.1, 0.15) is 5.54 Å². The zero-order valence-electron chi connectivity index (χ0n) is 19.7. The normalized spacial score (nSPS) is 22.0. The molecule has 2 saturated heterocycles. The molecule has 0 aliphatic carbocycles. The van der Waals surface area contributed by atoms with Crippen molar-refractivity contribution in [3.63, 3.8) is 0 Å². The van der Waals surface area contributed by atoms with Crippen LogP contribution in [0.2, 0.25) is 10.0 Å². The molecule has 182 valence electrons. The van der Waals surface area contributed by atoms with Crippen LogP contribution >= 0.6 is 23.2 Å². The maximum atomic E-state index is 14.2. The summed E-state index contributed by atoms with van der Waals surface area (Å²) in [5.74, 6) is -0.577. The molecule has 0 N–H and O–H groups in total. The standard InChI is InChI=1S/C28H24Cl2N4O2/c1-32-27(36)34(24-14-22(29)13-23(30)15-24)26(35)28(32)18-33(12-11-19-5-3-2-4-6-19)17-25(28)21-9-7-20(16-31)8-10-21/h2-10,13-15,25H,11-12,17-18H2,1H3. The van der Waals surface area contributed by atoms with Crippen molar-refractivity contribution in [1.82, 2.24) is 9.80 Å². The molecule has 3 amide bonds. The van der Waals surface area contributed by atoms with E-state index >= 15 is 0 Å². The fraction of sp³-hybridized carbons (Fsp3) is 0.250. The zero-order chi connectivity index (χ0) is 25.4. The van der Waals surface area contributed by atoms with E-state index < -0.39 is 11.6 Å². The van der Waals surface area contributed by atoms with Crippen molar-refractivity contribution in [1.29, 1.82) is 5.26 Å². The van der Waals surface area contributed by atoms with E-state index in [9.17, 15) is 14.9 Å². The number of likely N-dealkylation sites (tertiary alicyclic amines) is 1. The van der Waals surface area contributed by atoms with Crippen LogP contribution in [0.4, 0.5) is 10.5 Å². The van der Waals surface area contributed by atoms with E-state index in [0.29, 0.717) is 34.4 Å². The highest BCUT2D eigenvalue weighted by atomic mass is 35.5. The Hall–Kier alpha value is -3.37. The van der Waals surface area contributed by atoms with Crippen molar-refractivity contribution in [2.75, 3.05) is 31.6 Å². The summed E-state index contributed by atoms with van der Waals surface area (Å²) in [5.41, 5.74) is 1.93. The largest absolute Gasteiger partial charge is 0.332 e. The molecule has 3 aromatic rings. The predicted octanol–water partition coefficient (Wildman–Crippen LogP) is 5.34. The monoisotopic (exact) mass is 518 g/mol. The molecule has 5 rings (SSSR count). The van der Waals surface area contributed by atoms with Crippen LogP contribution < -0.4 is 4.90 Å². The molecule has 2 aliphatic heterocycles. The van der Waals surface area contributed by atoms with E-state index in [4.69, 9.17) is 23.2 Å². The van der Waals surface area contributed by atoms with Gasteiger partial charge in [-0.3, -0.25) is 9.69 Å². The Morgan fingerprint density at radius 2 is 1.67 bits per heavy atom. The van der Waals surface area contributed by atoms with Gasteiger partial charge in [0.2, 0.25) is 0 Å². The fourth-order valence-corrected chi connectivity index (χ4v) is 5.91. The summed E-state index contributed by atoms with van der Waals surface area (Å²) in [6.07, 6.45) is 0.830. The average Bonchev–Trinajstić information content (AvgIpc) is 3.35. The number of hydrogen-bond acceptors (Lipinski definition) is 4. The van der Waals surface area contributed by atoms with Gasteiger partial charge in [0, 0.05) is 42.6 Å². The number of anilines is 1. The van der Waals surface area contributed by atoms with Crippen molar-refractivity contribution >= 4 is 40.8 Å². The fourth-order valence-electron chi connectivity index (χ4n) is 5.40. The van der Waals surface area contributed by atoms with E-state index in [1.54, 1.807) is 42.3 Å². The van der Waals surface area contributed by atoms with E-state index in [0.717, 1.165) is 18.5 Å². The molecule has 2 fully saturated rings. The number of likely N-dealkylation sites (N-methyl/N-ethyl adjacent to an activating group) is 1. The van der Waals surface area contributed by atoms with Gasteiger partial charge in [-0.25, -0.2) is 9.69 Å². The molecular formula is C28H24Cl2N4O2. The zero-order valence-corrected chi connectivity index (χ0v) is 21.2. The third kappa shape index (κ3) is 4.14.